The molecule has 2 aromatic rings. The minimum Gasteiger partial charge on any atom is -0.491 e. The first-order chi connectivity index (χ1) is 16.5. The summed E-state index contributed by atoms with van der Waals surface area (Å²) < 4.78 is 33.4. The van der Waals surface area contributed by atoms with E-state index in [1.54, 1.807) is 24.0 Å². The zero-order valence-electron chi connectivity index (χ0n) is 21.1. The third-order valence-electron chi connectivity index (χ3n) is 6.89. The Bertz CT molecular complexity index is 974. The van der Waals surface area contributed by atoms with E-state index in [1.165, 1.54) is 12.1 Å². The molecule has 1 aliphatic heterocycles. The second kappa shape index (κ2) is 11.8. The van der Waals surface area contributed by atoms with Gasteiger partial charge in [0.25, 0.3) is 0 Å². The van der Waals surface area contributed by atoms with E-state index < -0.39 is 17.2 Å². The van der Waals surface area contributed by atoms with Crippen molar-refractivity contribution in [1.29, 1.82) is 0 Å². The van der Waals surface area contributed by atoms with Gasteiger partial charge in [0.15, 0.2) is 0 Å². The number of amides is 2. The highest BCUT2D eigenvalue weighted by atomic mass is 19.1. The number of benzene rings is 2. The van der Waals surface area contributed by atoms with Gasteiger partial charge in [-0.3, -0.25) is 0 Å². The Morgan fingerprint density at radius 3 is 2.46 bits per heavy atom. The summed E-state index contributed by atoms with van der Waals surface area (Å²) in [5, 5.41) is 13.3. The molecular weight excluding hydrogens is 452 g/mol. The van der Waals surface area contributed by atoms with Gasteiger partial charge in [-0.25, -0.2) is 13.6 Å². The molecule has 8 heteroatoms. The molecule has 6 nitrogen and oxygen atoms in total. The molecule has 2 aromatic carbocycles. The smallest absolute Gasteiger partial charge is 0.318 e. The van der Waals surface area contributed by atoms with Crippen LogP contribution in [0.4, 0.5) is 13.6 Å². The fraction of sp³-hybridized carbons (Fsp3) is 0.519. The molecule has 0 aliphatic carbocycles. The number of ether oxygens (including phenoxy) is 1. The van der Waals surface area contributed by atoms with Crippen LogP contribution in [0.1, 0.15) is 44.7 Å². The Morgan fingerprint density at radius 1 is 1.20 bits per heavy atom. The van der Waals surface area contributed by atoms with Gasteiger partial charge in [-0.05, 0) is 69.6 Å². The summed E-state index contributed by atoms with van der Waals surface area (Å²) in [5.41, 5.74) is 0.255. The molecule has 2 N–H and O–H groups in total. The Morgan fingerprint density at radius 2 is 1.86 bits per heavy atom. The molecular formula is C27H37F2N3O3. The van der Waals surface area contributed by atoms with Crippen LogP contribution in [0.5, 0.6) is 5.75 Å². The van der Waals surface area contributed by atoms with Crippen LogP contribution in [-0.2, 0) is 13.1 Å². The number of carbonyl (C=O) groups excluding carboxylic acids is 1. The van der Waals surface area contributed by atoms with Crippen molar-refractivity contribution in [3.63, 3.8) is 0 Å². The summed E-state index contributed by atoms with van der Waals surface area (Å²) in [4.78, 5) is 17.0. The fourth-order valence-electron chi connectivity index (χ4n) is 3.89. The molecule has 0 spiro atoms. The van der Waals surface area contributed by atoms with E-state index in [1.807, 2.05) is 33.0 Å². The van der Waals surface area contributed by atoms with Crippen molar-refractivity contribution in [3.05, 3.63) is 65.2 Å². The minimum absolute atomic E-state index is 0.0276. The van der Waals surface area contributed by atoms with Crippen molar-refractivity contribution in [1.82, 2.24) is 15.1 Å². The minimum atomic E-state index is -0.923. The third-order valence-corrected chi connectivity index (χ3v) is 6.89. The van der Waals surface area contributed by atoms with E-state index in [2.05, 4.69) is 10.2 Å². The molecule has 2 amide bonds. The van der Waals surface area contributed by atoms with Crippen LogP contribution in [0.25, 0.3) is 0 Å². The predicted octanol–water partition coefficient (Wildman–Crippen LogP) is 4.56. The number of hydrogen-bond acceptors (Lipinski definition) is 4. The quantitative estimate of drug-likeness (QED) is 0.542. The van der Waals surface area contributed by atoms with Gasteiger partial charge in [0.1, 0.15) is 24.0 Å². The molecule has 1 atom stereocenters. The first-order valence-electron chi connectivity index (χ1n) is 12.2. The number of rotatable bonds is 9. The summed E-state index contributed by atoms with van der Waals surface area (Å²) in [7, 11) is 2.04. The van der Waals surface area contributed by atoms with Crippen LogP contribution >= 0.6 is 0 Å². The Hall–Kier alpha value is -2.71. The Balaban J connectivity index is 1.62. The Kier molecular flexibility index (Phi) is 9.08. The number of aliphatic hydroxyl groups is 1. The predicted molar refractivity (Wildman–Crippen MR) is 132 cm³/mol. The fourth-order valence-corrected chi connectivity index (χ4v) is 3.89. The molecule has 1 aliphatic rings. The normalized spacial score (nSPS) is 16.7. The van der Waals surface area contributed by atoms with Crippen molar-refractivity contribution in [3.8, 4) is 5.75 Å². The van der Waals surface area contributed by atoms with Gasteiger partial charge in [0.2, 0.25) is 0 Å². The van der Waals surface area contributed by atoms with Crippen molar-refractivity contribution >= 4 is 6.03 Å². The molecule has 1 saturated heterocycles. The van der Waals surface area contributed by atoms with Crippen molar-refractivity contribution in [2.75, 3.05) is 26.7 Å². The maximum atomic E-state index is 14.3. The van der Waals surface area contributed by atoms with Crippen molar-refractivity contribution in [2.45, 2.75) is 58.3 Å². The third kappa shape index (κ3) is 7.64. The summed E-state index contributed by atoms with van der Waals surface area (Å²) >= 11 is 0. The lowest BCUT2D eigenvalue weighted by Crippen LogP contribution is -2.49. The van der Waals surface area contributed by atoms with Gasteiger partial charge < -0.3 is 25.0 Å². The van der Waals surface area contributed by atoms with Crippen molar-refractivity contribution in [2.24, 2.45) is 5.92 Å². The van der Waals surface area contributed by atoms with Crippen LogP contribution in [0, 0.1) is 17.6 Å². The van der Waals surface area contributed by atoms with Gasteiger partial charge in [-0.1, -0.05) is 32.0 Å². The monoisotopic (exact) mass is 489 g/mol. The van der Waals surface area contributed by atoms with Gasteiger partial charge in [0, 0.05) is 24.2 Å². The molecule has 0 bridgehead atoms. The standard InChI is InChI=1S/C27H37F2N3O3/c1-19(2)27(3,34)18-35-24-9-5-20(6-10-24)16-30-26(33)32(23-11-13-31(4)14-12-23)17-21-7-8-22(28)15-25(21)29/h5-10,15,19,23,34H,11-14,16-18H2,1-4H3,(H,30,33). The van der Waals surface area contributed by atoms with E-state index in [9.17, 15) is 18.7 Å². The Labute approximate surface area is 206 Å². The van der Waals surface area contributed by atoms with Gasteiger partial charge in [0.05, 0.1) is 12.1 Å². The van der Waals surface area contributed by atoms with E-state index in [-0.39, 0.29) is 31.1 Å². The van der Waals surface area contributed by atoms with E-state index in [0.717, 1.165) is 37.6 Å². The molecule has 0 saturated carbocycles. The zero-order chi connectivity index (χ0) is 25.6. The van der Waals surface area contributed by atoms with Crippen LogP contribution in [0.15, 0.2) is 42.5 Å². The maximum Gasteiger partial charge on any atom is 0.318 e. The largest absolute Gasteiger partial charge is 0.491 e. The topological polar surface area (TPSA) is 65.0 Å². The van der Waals surface area contributed by atoms with E-state index >= 15 is 0 Å². The molecule has 192 valence electrons. The summed E-state index contributed by atoms with van der Waals surface area (Å²) in [6.45, 7) is 7.90. The summed E-state index contributed by atoms with van der Waals surface area (Å²) in [6, 6.07) is 10.5. The molecule has 35 heavy (non-hydrogen) atoms. The van der Waals surface area contributed by atoms with Crippen LogP contribution in [0.2, 0.25) is 0 Å². The summed E-state index contributed by atoms with van der Waals surface area (Å²) in [5.74, 6) is -0.585. The van der Waals surface area contributed by atoms with Crippen LogP contribution < -0.4 is 10.1 Å². The average Bonchev–Trinajstić information content (AvgIpc) is 2.82. The number of piperidine rings is 1. The first kappa shape index (κ1) is 26.9. The number of hydrogen-bond donors (Lipinski definition) is 2. The SMILES string of the molecule is CC(C)C(C)(O)COc1ccc(CNC(=O)N(Cc2ccc(F)cc2F)C2CCN(C)CC2)cc1. The molecule has 0 radical (unpaired) electrons. The number of nitrogens with one attached hydrogen (secondary N) is 1. The number of urea groups is 1. The number of likely N-dealkylation sites (tertiary alicyclic amines) is 1. The summed E-state index contributed by atoms with van der Waals surface area (Å²) in [6.07, 6.45) is 1.58. The van der Waals surface area contributed by atoms with Gasteiger partial charge >= 0.3 is 6.03 Å². The van der Waals surface area contributed by atoms with Crippen LogP contribution in [0.3, 0.4) is 0 Å². The maximum absolute atomic E-state index is 14.3. The first-order valence-corrected chi connectivity index (χ1v) is 12.2. The number of halogens is 2. The number of nitrogens with zero attached hydrogens (tertiary/aromatic N) is 2. The molecule has 3 rings (SSSR count). The molecule has 0 aromatic heterocycles. The van der Waals surface area contributed by atoms with E-state index in [4.69, 9.17) is 4.74 Å². The number of carbonyl (C=O) groups is 1. The van der Waals surface area contributed by atoms with Gasteiger partial charge in [-0.2, -0.15) is 0 Å². The lowest BCUT2D eigenvalue weighted by atomic mass is 9.94. The van der Waals surface area contributed by atoms with E-state index in [0.29, 0.717) is 17.9 Å². The highest BCUT2D eigenvalue weighted by Crippen LogP contribution is 2.22. The molecule has 1 heterocycles. The highest BCUT2D eigenvalue weighted by molar-refractivity contribution is 5.74. The molecule has 1 fully saturated rings. The second-order valence-electron chi connectivity index (χ2n) is 10.0. The zero-order valence-corrected chi connectivity index (χ0v) is 21.1. The van der Waals surface area contributed by atoms with Crippen molar-refractivity contribution < 1.29 is 23.4 Å². The molecule has 1 unspecified atom stereocenters. The lowest BCUT2D eigenvalue weighted by molar-refractivity contribution is -0.0266. The average molecular weight is 490 g/mol. The van der Waals surface area contributed by atoms with Crippen LogP contribution in [-0.4, -0.2) is 59.3 Å². The van der Waals surface area contributed by atoms with Gasteiger partial charge in [-0.15, -0.1) is 0 Å². The second-order valence-corrected chi connectivity index (χ2v) is 10.0. The highest BCUT2D eigenvalue weighted by Gasteiger charge is 2.28. The lowest BCUT2D eigenvalue weighted by Gasteiger charge is -2.37.